The van der Waals surface area contributed by atoms with E-state index < -0.39 is 0 Å². The second-order valence-electron chi connectivity index (χ2n) is 6.56. The van der Waals surface area contributed by atoms with Crippen LogP contribution in [0, 0.1) is 6.92 Å². The van der Waals surface area contributed by atoms with Crippen LogP contribution in [0.4, 0.5) is 0 Å². The molecule has 1 amide bonds. The lowest BCUT2D eigenvalue weighted by Gasteiger charge is -2.31. The minimum Gasteiger partial charge on any atom is -0.496 e. The maximum atomic E-state index is 13.2. The molecule has 1 atom stereocenters. The average Bonchev–Trinajstić information content (AvgIpc) is 2.87. The molecule has 1 aliphatic heterocycles. The molecule has 0 spiro atoms. The zero-order valence-electron chi connectivity index (χ0n) is 14.7. The van der Waals surface area contributed by atoms with Crippen molar-refractivity contribution >= 4 is 5.91 Å². The van der Waals surface area contributed by atoms with E-state index >= 15 is 0 Å². The summed E-state index contributed by atoms with van der Waals surface area (Å²) in [5.74, 6) is 0.225. The molecule has 0 radical (unpaired) electrons. The highest BCUT2D eigenvalue weighted by atomic mass is 16.5. The molecule has 132 valence electrons. The number of likely N-dealkylation sites (tertiary alicyclic amines) is 1. The molecule has 2 aromatic rings. The number of carbonyl (C=O) groups excluding carboxylic acids is 1. The van der Waals surface area contributed by atoms with Crippen molar-refractivity contribution in [3.05, 3.63) is 63.6 Å². The van der Waals surface area contributed by atoms with Gasteiger partial charge >= 0.3 is 0 Å². The topological polar surface area (TPSA) is 62.4 Å². The molecule has 5 heteroatoms. The van der Waals surface area contributed by atoms with Crippen LogP contribution < -0.4 is 10.3 Å². The Bertz CT molecular complexity index is 813. The minimum atomic E-state index is -0.278. The lowest BCUT2D eigenvalue weighted by Crippen LogP contribution is -2.35. The Morgan fingerprint density at radius 3 is 2.84 bits per heavy atom. The van der Waals surface area contributed by atoms with Gasteiger partial charge in [-0.15, -0.1) is 0 Å². The SMILES string of the molecule is COc1cc(=O)[nH]cc1C(=O)N1CCCCCC1c1cccc(C)c1. The van der Waals surface area contributed by atoms with E-state index in [-0.39, 0.29) is 17.5 Å². The number of H-pyrrole nitrogens is 1. The van der Waals surface area contributed by atoms with Gasteiger partial charge in [-0.2, -0.15) is 0 Å². The predicted octanol–water partition coefficient (Wildman–Crippen LogP) is 3.45. The van der Waals surface area contributed by atoms with Crippen LogP contribution in [-0.2, 0) is 0 Å². The average molecular weight is 340 g/mol. The standard InChI is InChI=1S/C20H24N2O3/c1-14-7-6-8-15(11-14)17-9-4-3-5-10-22(17)20(24)16-13-21-19(23)12-18(16)25-2/h6-8,11-13,17H,3-5,9-10H2,1-2H3,(H,21,23). The van der Waals surface area contributed by atoms with Crippen molar-refractivity contribution in [1.29, 1.82) is 0 Å². The molecular formula is C20H24N2O3. The number of rotatable bonds is 3. The highest BCUT2D eigenvalue weighted by Crippen LogP contribution is 2.32. The summed E-state index contributed by atoms with van der Waals surface area (Å²) < 4.78 is 5.26. The normalized spacial score (nSPS) is 17.8. The number of aromatic amines is 1. The summed E-state index contributed by atoms with van der Waals surface area (Å²) in [7, 11) is 1.48. The van der Waals surface area contributed by atoms with E-state index in [1.165, 1.54) is 30.5 Å². The van der Waals surface area contributed by atoms with Gasteiger partial charge in [-0.05, 0) is 25.3 Å². The summed E-state index contributed by atoms with van der Waals surface area (Å²) in [5, 5.41) is 0. The molecule has 1 unspecified atom stereocenters. The Hall–Kier alpha value is -2.56. The molecule has 1 saturated heterocycles. The van der Waals surface area contributed by atoms with Gasteiger partial charge in [-0.3, -0.25) is 9.59 Å². The first-order valence-corrected chi connectivity index (χ1v) is 8.74. The molecule has 0 bridgehead atoms. The van der Waals surface area contributed by atoms with Crippen LogP contribution in [0.1, 0.15) is 53.2 Å². The molecule has 1 fully saturated rings. The number of nitrogens with one attached hydrogen (secondary N) is 1. The summed E-state index contributed by atoms with van der Waals surface area (Å²) in [6.45, 7) is 2.77. The second kappa shape index (κ2) is 7.55. The van der Waals surface area contributed by atoms with Crippen LogP contribution in [0.25, 0.3) is 0 Å². The molecule has 0 saturated carbocycles. The first kappa shape index (κ1) is 17.3. The van der Waals surface area contributed by atoms with E-state index in [0.717, 1.165) is 25.7 Å². The number of hydrogen-bond donors (Lipinski definition) is 1. The Balaban J connectivity index is 1.99. The lowest BCUT2D eigenvalue weighted by atomic mass is 9.98. The van der Waals surface area contributed by atoms with Crippen LogP contribution in [0.2, 0.25) is 0 Å². The van der Waals surface area contributed by atoms with Gasteiger partial charge in [0.2, 0.25) is 0 Å². The molecule has 1 aromatic carbocycles. The predicted molar refractivity (Wildman–Crippen MR) is 97.0 cm³/mol. The van der Waals surface area contributed by atoms with E-state index in [9.17, 15) is 9.59 Å². The van der Waals surface area contributed by atoms with Crippen molar-refractivity contribution in [3.8, 4) is 5.75 Å². The van der Waals surface area contributed by atoms with Crippen molar-refractivity contribution in [2.45, 2.75) is 38.6 Å². The van der Waals surface area contributed by atoms with E-state index in [4.69, 9.17) is 4.74 Å². The summed E-state index contributed by atoms with van der Waals surface area (Å²) >= 11 is 0. The van der Waals surface area contributed by atoms with Crippen LogP contribution in [0.5, 0.6) is 5.75 Å². The van der Waals surface area contributed by atoms with Gasteiger partial charge in [0.05, 0.1) is 18.7 Å². The van der Waals surface area contributed by atoms with Gasteiger partial charge in [-0.25, -0.2) is 0 Å². The number of amides is 1. The highest BCUT2D eigenvalue weighted by molar-refractivity contribution is 5.96. The van der Waals surface area contributed by atoms with E-state index in [0.29, 0.717) is 17.9 Å². The molecule has 5 nitrogen and oxygen atoms in total. The van der Waals surface area contributed by atoms with Crippen LogP contribution in [-0.4, -0.2) is 29.4 Å². The lowest BCUT2D eigenvalue weighted by molar-refractivity contribution is 0.0677. The molecular weight excluding hydrogens is 316 g/mol. The molecule has 3 rings (SSSR count). The number of pyridine rings is 1. The van der Waals surface area contributed by atoms with Crippen LogP contribution >= 0.6 is 0 Å². The van der Waals surface area contributed by atoms with Crippen LogP contribution in [0.15, 0.2) is 41.3 Å². The van der Waals surface area contributed by atoms with Gasteiger partial charge in [-0.1, -0.05) is 42.7 Å². The monoisotopic (exact) mass is 340 g/mol. The number of benzene rings is 1. The summed E-state index contributed by atoms with van der Waals surface area (Å²) in [6.07, 6.45) is 5.61. The van der Waals surface area contributed by atoms with Crippen molar-refractivity contribution in [2.75, 3.05) is 13.7 Å². The number of nitrogens with zero attached hydrogens (tertiary/aromatic N) is 1. The Morgan fingerprint density at radius 2 is 2.08 bits per heavy atom. The Kier molecular flexibility index (Phi) is 5.22. The number of hydrogen-bond acceptors (Lipinski definition) is 3. The number of methoxy groups -OCH3 is 1. The highest BCUT2D eigenvalue weighted by Gasteiger charge is 2.29. The Morgan fingerprint density at radius 1 is 1.24 bits per heavy atom. The van der Waals surface area contributed by atoms with Gasteiger partial charge in [0.1, 0.15) is 5.75 Å². The quantitative estimate of drug-likeness (QED) is 0.931. The van der Waals surface area contributed by atoms with E-state index in [1.807, 2.05) is 11.0 Å². The zero-order chi connectivity index (χ0) is 17.8. The number of ether oxygens (including phenoxy) is 1. The molecule has 1 aliphatic rings. The van der Waals surface area contributed by atoms with Crippen LogP contribution in [0.3, 0.4) is 0 Å². The smallest absolute Gasteiger partial charge is 0.259 e. The first-order valence-electron chi connectivity index (χ1n) is 8.74. The molecule has 0 aliphatic carbocycles. The summed E-state index contributed by atoms with van der Waals surface area (Å²) in [4.78, 5) is 29.3. The summed E-state index contributed by atoms with van der Waals surface area (Å²) in [6, 6.07) is 9.72. The zero-order valence-corrected chi connectivity index (χ0v) is 14.7. The van der Waals surface area contributed by atoms with Crippen molar-refractivity contribution in [3.63, 3.8) is 0 Å². The molecule has 2 heterocycles. The molecule has 1 N–H and O–H groups in total. The number of carbonyl (C=O) groups is 1. The van der Waals surface area contributed by atoms with Gasteiger partial charge in [0.25, 0.3) is 11.5 Å². The van der Waals surface area contributed by atoms with Gasteiger partial charge in [0, 0.05) is 18.8 Å². The minimum absolute atomic E-state index is 0.0477. The third kappa shape index (κ3) is 3.76. The third-order valence-corrected chi connectivity index (χ3v) is 4.78. The first-order chi connectivity index (χ1) is 12.1. The van der Waals surface area contributed by atoms with Gasteiger partial charge < -0.3 is 14.6 Å². The number of aryl methyl sites for hydroxylation is 1. The van der Waals surface area contributed by atoms with Crippen molar-refractivity contribution in [1.82, 2.24) is 9.88 Å². The van der Waals surface area contributed by atoms with E-state index in [2.05, 4.69) is 30.1 Å². The Labute approximate surface area is 147 Å². The summed E-state index contributed by atoms with van der Waals surface area (Å²) in [5.41, 5.74) is 2.48. The second-order valence-corrected chi connectivity index (χ2v) is 6.56. The number of aromatic nitrogens is 1. The van der Waals surface area contributed by atoms with E-state index in [1.54, 1.807) is 0 Å². The van der Waals surface area contributed by atoms with Crippen molar-refractivity contribution < 1.29 is 9.53 Å². The maximum Gasteiger partial charge on any atom is 0.259 e. The fourth-order valence-corrected chi connectivity index (χ4v) is 3.52. The largest absolute Gasteiger partial charge is 0.496 e. The van der Waals surface area contributed by atoms with Gasteiger partial charge in [0.15, 0.2) is 0 Å². The molecule has 25 heavy (non-hydrogen) atoms. The van der Waals surface area contributed by atoms with Crippen molar-refractivity contribution in [2.24, 2.45) is 0 Å². The fraction of sp³-hybridized carbons (Fsp3) is 0.400. The third-order valence-electron chi connectivity index (χ3n) is 4.78. The molecule has 1 aromatic heterocycles. The fourth-order valence-electron chi connectivity index (χ4n) is 3.52. The maximum absolute atomic E-state index is 13.2.